The van der Waals surface area contributed by atoms with Crippen LogP contribution in [0.1, 0.15) is 13.8 Å². The number of carbonyl (C=O) groups excluding carboxylic acids is 1. The van der Waals surface area contributed by atoms with Crippen molar-refractivity contribution in [1.29, 1.82) is 0 Å². The van der Waals surface area contributed by atoms with Crippen molar-refractivity contribution in [3.05, 3.63) is 0 Å². The van der Waals surface area contributed by atoms with Crippen molar-refractivity contribution < 1.29 is 9.90 Å². The fourth-order valence-corrected chi connectivity index (χ4v) is 1.87. The molecule has 0 radical (unpaired) electrons. The quantitative estimate of drug-likeness (QED) is 0.494. The van der Waals surface area contributed by atoms with Crippen LogP contribution in [0.15, 0.2) is 0 Å². The Bertz CT molecular complexity index is 166. The first-order chi connectivity index (χ1) is 6.06. The summed E-state index contributed by atoms with van der Waals surface area (Å²) in [5.74, 6) is 0.880. The minimum Gasteiger partial charge on any atom is -0.396 e. The number of nitrogens with two attached hydrogens (primary N) is 1. The summed E-state index contributed by atoms with van der Waals surface area (Å²) >= 11 is 1.52. The first-order valence-electron chi connectivity index (χ1n) is 4.30. The summed E-state index contributed by atoms with van der Waals surface area (Å²) in [6.45, 7) is 4.55. The molecule has 0 saturated carbocycles. The van der Waals surface area contributed by atoms with Crippen molar-refractivity contribution in [3.8, 4) is 0 Å². The van der Waals surface area contributed by atoms with Gasteiger partial charge in [0, 0.05) is 11.5 Å². The summed E-state index contributed by atoms with van der Waals surface area (Å²) < 4.78 is 0. The summed E-state index contributed by atoms with van der Waals surface area (Å²) in [6, 6.07) is 0. The van der Waals surface area contributed by atoms with E-state index < -0.39 is 5.54 Å². The van der Waals surface area contributed by atoms with Gasteiger partial charge < -0.3 is 16.2 Å². The maximum Gasteiger partial charge on any atom is 0.238 e. The zero-order chi connectivity index (χ0) is 10.3. The highest BCUT2D eigenvalue weighted by molar-refractivity contribution is 7.99. The Balaban J connectivity index is 4.00. The molecule has 0 rings (SSSR count). The topological polar surface area (TPSA) is 75.3 Å². The molecule has 0 aliphatic rings. The van der Waals surface area contributed by atoms with Gasteiger partial charge in [-0.15, -0.1) is 0 Å². The number of nitrogens with one attached hydrogen (secondary N) is 1. The number of aliphatic hydroxyl groups is 1. The van der Waals surface area contributed by atoms with E-state index in [2.05, 4.69) is 5.32 Å². The maximum absolute atomic E-state index is 11.1. The van der Waals surface area contributed by atoms with Gasteiger partial charge in [0.15, 0.2) is 0 Å². The van der Waals surface area contributed by atoms with Gasteiger partial charge in [-0.25, -0.2) is 0 Å². The molecule has 0 saturated heterocycles. The van der Waals surface area contributed by atoms with E-state index in [-0.39, 0.29) is 12.5 Å². The first-order valence-corrected chi connectivity index (χ1v) is 5.46. The van der Waals surface area contributed by atoms with Crippen LogP contribution >= 0.6 is 11.8 Å². The molecule has 0 aromatic rings. The number of rotatable bonds is 7. The number of aliphatic hydroxyl groups excluding tert-OH is 1. The molecule has 0 heterocycles. The van der Waals surface area contributed by atoms with Gasteiger partial charge in [-0.3, -0.25) is 4.79 Å². The Morgan fingerprint density at radius 1 is 1.69 bits per heavy atom. The highest BCUT2D eigenvalue weighted by Crippen LogP contribution is 2.12. The SMILES string of the molecule is CCNC(C)(CSCCO)C(N)=O. The Labute approximate surface area is 83.3 Å². The average Bonchev–Trinajstić information content (AvgIpc) is 2.05. The van der Waals surface area contributed by atoms with Crippen molar-refractivity contribution in [3.63, 3.8) is 0 Å². The molecule has 5 heteroatoms. The summed E-state index contributed by atoms with van der Waals surface area (Å²) in [6.07, 6.45) is 0. The Kier molecular flexibility index (Phi) is 6.11. The van der Waals surface area contributed by atoms with Crippen LogP contribution in [0.2, 0.25) is 0 Å². The molecule has 0 fully saturated rings. The highest BCUT2D eigenvalue weighted by atomic mass is 32.2. The van der Waals surface area contributed by atoms with Gasteiger partial charge >= 0.3 is 0 Å². The van der Waals surface area contributed by atoms with Gasteiger partial charge in [0.25, 0.3) is 0 Å². The molecule has 0 aliphatic carbocycles. The van der Waals surface area contributed by atoms with E-state index in [0.29, 0.717) is 18.1 Å². The van der Waals surface area contributed by atoms with Crippen molar-refractivity contribution in [2.24, 2.45) is 5.73 Å². The van der Waals surface area contributed by atoms with E-state index in [4.69, 9.17) is 10.8 Å². The van der Waals surface area contributed by atoms with Gasteiger partial charge in [-0.2, -0.15) is 11.8 Å². The largest absolute Gasteiger partial charge is 0.396 e. The van der Waals surface area contributed by atoms with Crippen molar-refractivity contribution in [1.82, 2.24) is 5.32 Å². The predicted molar refractivity (Wildman–Crippen MR) is 55.7 cm³/mol. The van der Waals surface area contributed by atoms with Crippen LogP contribution < -0.4 is 11.1 Å². The minimum atomic E-state index is -0.658. The van der Waals surface area contributed by atoms with Crippen molar-refractivity contribution in [2.45, 2.75) is 19.4 Å². The average molecular weight is 206 g/mol. The van der Waals surface area contributed by atoms with E-state index in [9.17, 15) is 4.79 Å². The molecule has 1 amide bonds. The second-order valence-electron chi connectivity index (χ2n) is 3.00. The number of thioether (sulfide) groups is 1. The molecular formula is C8H18N2O2S. The van der Waals surface area contributed by atoms with E-state index in [1.54, 1.807) is 6.92 Å². The zero-order valence-electron chi connectivity index (χ0n) is 8.17. The standard InChI is InChI=1S/C8H18N2O2S/c1-3-10-8(2,7(9)12)6-13-5-4-11/h10-11H,3-6H2,1-2H3,(H2,9,12). The predicted octanol–water partition coefficient (Wildman–Crippen LogP) is -0.435. The summed E-state index contributed by atoms with van der Waals surface area (Å²) in [5.41, 5.74) is 4.60. The maximum atomic E-state index is 11.1. The lowest BCUT2D eigenvalue weighted by atomic mass is 10.1. The number of hydrogen-bond donors (Lipinski definition) is 3. The van der Waals surface area contributed by atoms with Crippen LogP contribution in [0.4, 0.5) is 0 Å². The third kappa shape index (κ3) is 4.50. The van der Waals surface area contributed by atoms with E-state index in [0.717, 1.165) is 0 Å². The molecule has 4 nitrogen and oxygen atoms in total. The lowest BCUT2D eigenvalue weighted by Gasteiger charge is -2.26. The summed E-state index contributed by atoms with van der Waals surface area (Å²) in [5, 5.41) is 11.6. The molecule has 4 N–H and O–H groups in total. The van der Waals surface area contributed by atoms with Crippen LogP contribution in [-0.4, -0.2) is 41.2 Å². The second kappa shape index (κ2) is 6.23. The third-order valence-electron chi connectivity index (χ3n) is 1.74. The Morgan fingerprint density at radius 2 is 2.31 bits per heavy atom. The fraction of sp³-hybridized carbons (Fsp3) is 0.875. The van der Waals surface area contributed by atoms with Crippen LogP contribution in [-0.2, 0) is 4.79 Å². The smallest absolute Gasteiger partial charge is 0.238 e. The number of primary amides is 1. The molecule has 1 atom stereocenters. The van der Waals surface area contributed by atoms with E-state index >= 15 is 0 Å². The summed E-state index contributed by atoms with van der Waals surface area (Å²) in [4.78, 5) is 11.1. The molecule has 0 aromatic carbocycles. The van der Waals surface area contributed by atoms with Gasteiger partial charge in [0.2, 0.25) is 5.91 Å². The molecule has 0 aromatic heterocycles. The lowest BCUT2D eigenvalue weighted by Crippen LogP contribution is -2.55. The van der Waals surface area contributed by atoms with E-state index in [1.165, 1.54) is 11.8 Å². The monoisotopic (exact) mass is 206 g/mol. The second-order valence-corrected chi connectivity index (χ2v) is 4.11. The molecular weight excluding hydrogens is 188 g/mol. The van der Waals surface area contributed by atoms with Crippen LogP contribution in [0.25, 0.3) is 0 Å². The van der Waals surface area contributed by atoms with Gasteiger partial charge in [0.05, 0.1) is 6.61 Å². The van der Waals surface area contributed by atoms with Crippen LogP contribution in [0.3, 0.4) is 0 Å². The number of amides is 1. The molecule has 0 bridgehead atoms. The third-order valence-corrected chi connectivity index (χ3v) is 2.99. The van der Waals surface area contributed by atoms with Crippen LogP contribution in [0.5, 0.6) is 0 Å². The number of likely N-dealkylation sites (N-methyl/N-ethyl adjacent to an activating group) is 1. The molecule has 0 aliphatic heterocycles. The Morgan fingerprint density at radius 3 is 2.69 bits per heavy atom. The first kappa shape index (κ1) is 12.7. The Hall–Kier alpha value is -0.260. The lowest BCUT2D eigenvalue weighted by molar-refractivity contribution is -0.122. The summed E-state index contributed by atoms with van der Waals surface area (Å²) in [7, 11) is 0. The van der Waals surface area contributed by atoms with Crippen molar-refractivity contribution in [2.75, 3.05) is 24.7 Å². The minimum absolute atomic E-state index is 0.131. The number of carbonyl (C=O) groups is 1. The van der Waals surface area contributed by atoms with Crippen molar-refractivity contribution >= 4 is 17.7 Å². The van der Waals surface area contributed by atoms with E-state index in [1.807, 2.05) is 6.92 Å². The molecule has 13 heavy (non-hydrogen) atoms. The zero-order valence-corrected chi connectivity index (χ0v) is 8.99. The number of hydrogen-bond acceptors (Lipinski definition) is 4. The molecule has 78 valence electrons. The molecule has 0 spiro atoms. The van der Waals surface area contributed by atoms with Gasteiger partial charge in [-0.05, 0) is 13.5 Å². The van der Waals surface area contributed by atoms with Crippen LogP contribution in [0, 0.1) is 0 Å². The van der Waals surface area contributed by atoms with Gasteiger partial charge in [-0.1, -0.05) is 6.92 Å². The highest BCUT2D eigenvalue weighted by Gasteiger charge is 2.29. The van der Waals surface area contributed by atoms with Gasteiger partial charge in [0.1, 0.15) is 5.54 Å². The molecule has 1 unspecified atom stereocenters. The normalized spacial score (nSPS) is 15.3. The fourth-order valence-electron chi connectivity index (χ4n) is 0.940.